The van der Waals surface area contributed by atoms with Crippen LogP contribution < -0.4 is 10.1 Å². The van der Waals surface area contributed by atoms with Gasteiger partial charge < -0.3 is 14.8 Å². The largest absolute Gasteiger partial charge is 0.492 e. The van der Waals surface area contributed by atoms with E-state index in [1.54, 1.807) is 11.3 Å². The van der Waals surface area contributed by atoms with Gasteiger partial charge in [-0.15, -0.1) is 11.3 Å². The molecule has 7 nitrogen and oxygen atoms in total. The fraction of sp³-hybridized carbons (Fsp3) is 0.583. The van der Waals surface area contributed by atoms with Crippen LogP contribution >= 0.6 is 11.3 Å². The van der Waals surface area contributed by atoms with Crippen LogP contribution in [-0.4, -0.2) is 73.2 Å². The lowest BCUT2D eigenvalue weighted by molar-refractivity contribution is -0.126. The zero-order valence-corrected chi connectivity index (χ0v) is 19.7. The molecule has 4 rings (SSSR count). The molecule has 2 aromatic rings. The van der Waals surface area contributed by atoms with E-state index in [9.17, 15) is 4.79 Å². The molecule has 1 N–H and O–H groups in total. The molecule has 1 aromatic carbocycles. The highest BCUT2D eigenvalue weighted by atomic mass is 32.1. The standard InChI is InChI=1S/C24H34N4O3S/c1-19-26-22(18-32-19)17-28-7-5-21(6-8-28)24(29)25-16-20-3-2-4-23(15-20)31-14-11-27-9-12-30-13-10-27/h2-4,15,18,21H,5-14,16-17H2,1H3,(H,25,29). The molecule has 2 aliphatic rings. The molecule has 3 heterocycles. The van der Waals surface area contributed by atoms with Crippen LogP contribution in [0.15, 0.2) is 29.6 Å². The van der Waals surface area contributed by atoms with Crippen molar-refractivity contribution in [1.29, 1.82) is 0 Å². The highest BCUT2D eigenvalue weighted by molar-refractivity contribution is 7.09. The number of aromatic nitrogens is 1. The number of carbonyl (C=O) groups excluding carboxylic acids is 1. The van der Waals surface area contributed by atoms with E-state index in [2.05, 4.69) is 25.5 Å². The maximum absolute atomic E-state index is 12.7. The second kappa shape index (κ2) is 11.7. The third-order valence-electron chi connectivity index (χ3n) is 6.16. The summed E-state index contributed by atoms with van der Waals surface area (Å²) in [5.74, 6) is 1.11. The van der Waals surface area contributed by atoms with Gasteiger partial charge in [-0.2, -0.15) is 0 Å². The average molecular weight is 459 g/mol. The van der Waals surface area contributed by atoms with E-state index in [0.29, 0.717) is 13.2 Å². The molecule has 2 fully saturated rings. The number of thiazole rings is 1. The van der Waals surface area contributed by atoms with Crippen molar-refractivity contribution in [2.24, 2.45) is 5.92 Å². The summed E-state index contributed by atoms with van der Waals surface area (Å²) in [6.45, 7) is 10.5. The molecule has 0 saturated carbocycles. The van der Waals surface area contributed by atoms with Crippen molar-refractivity contribution in [2.75, 3.05) is 52.5 Å². The number of amides is 1. The highest BCUT2D eigenvalue weighted by Gasteiger charge is 2.25. The number of morpholine rings is 1. The van der Waals surface area contributed by atoms with Crippen molar-refractivity contribution in [2.45, 2.75) is 32.9 Å². The minimum Gasteiger partial charge on any atom is -0.492 e. The second-order valence-electron chi connectivity index (χ2n) is 8.58. The molecule has 1 amide bonds. The van der Waals surface area contributed by atoms with Gasteiger partial charge in [0, 0.05) is 44.0 Å². The molecule has 2 aliphatic heterocycles. The van der Waals surface area contributed by atoms with Crippen LogP contribution in [0.25, 0.3) is 0 Å². The van der Waals surface area contributed by atoms with E-state index in [1.165, 1.54) is 0 Å². The zero-order valence-electron chi connectivity index (χ0n) is 18.9. The quantitative estimate of drug-likeness (QED) is 0.623. The topological polar surface area (TPSA) is 66.9 Å². The number of hydrogen-bond acceptors (Lipinski definition) is 7. The molecule has 8 heteroatoms. The van der Waals surface area contributed by atoms with Gasteiger partial charge in [0.1, 0.15) is 12.4 Å². The van der Waals surface area contributed by atoms with E-state index >= 15 is 0 Å². The van der Waals surface area contributed by atoms with Gasteiger partial charge in [-0.1, -0.05) is 12.1 Å². The number of likely N-dealkylation sites (tertiary alicyclic amines) is 1. The van der Waals surface area contributed by atoms with Gasteiger partial charge in [-0.05, 0) is 50.6 Å². The molecule has 0 aliphatic carbocycles. The molecule has 0 unspecified atom stereocenters. The van der Waals surface area contributed by atoms with Crippen LogP contribution in [0.2, 0.25) is 0 Å². The minimum atomic E-state index is 0.0939. The molecule has 174 valence electrons. The Kier molecular flexibility index (Phi) is 8.50. The first kappa shape index (κ1) is 23.2. The Morgan fingerprint density at radius 2 is 2.03 bits per heavy atom. The fourth-order valence-electron chi connectivity index (χ4n) is 4.26. The van der Waals surface area contributed by atoms with Crippen molar-refractivity contribution in [1.82, 2.24) is 20.1 Å². The number of nitrogens with one attached hydrogen (secondary N) is 1. The number of aryl methyl sites for hydroxylation is 1. The molecule has 32 heavy (non-hydrogen) atoms. The monoisotopic (exact) mass is 458 g/mol. The number of benzene rings is 1. The Labute approximate surface area is 194 Å². The normalized spacial score (nSPS) is 18.5. The van der Waals surface area contributed by atoms with Gasteiger partial charge in [0.2, 0.25) is 5.91 Å². The first-order chi connectivity index (χ1) is 15.7. The summed E-state index contributed by atoms with van der Waals surface area (Å²) in [6, 6.07) is 8.03. The summed E-state index contributed by atoms with van der Waals surface area (Å²) < 4.78 is 11.3. The third-order valence-corrected chi connectivity index (χ3v) is 6.98. The van der Waals surface area contributed by atoms with Crippen molar-refractivity contribution in [3.63, 3.8) is 0 Å². The van der Waals surface area contributed by atoms with E-state index in [0.717, 1.165) is 87.3 Å². The van der Waals surface area contributed by atoms with Crippen LogP contribution in [0.3, 0.4) is 0 Å². The number of piperidine rings is 1. The van der Waals surface area contributed by atoms with Crippen LogP contribution in [0, 0.1) is 12.8 Å². The Balaban J connectivity index is 1.16. The van der Waals surface area contributed by atoms with Crippen LogP contribution in [0.1, 0.15) is 29.1 Å². The number of nitrogens with zero attached hydrogens (tertiary/aromatic N) is 3. The summed E-state index contributed by atoms with van der Waals surface area (Å²) >= 11 is 1.70. The minimum absolute atomic E-state index is 0.0939. The molecule has 2 saturated heterocycles. The number of ether oxygens (including phenoxy) is 2. The van der Waals surface area contributed by atoms with Gasteiger partial charge >= 0.3 is 0 Å². The van der Waals surface area contributed by atoms with Gasteiger partial charge in [0.25, 0.3) is 0 Å². The smallest absolute Gasteiger partial charge is 0.223 e. The molecule has 0 spiro atoms. The van der Waals surface area contributed by atoms with E-state index < -0.39 is 0 Å². The number of carbonyl (C=O) groups is 1. The van der Waals surface area contributed by atoms with E-state index in [1.807, 2.05) is 31.2 Å². The second-order valence-corrected chi connectivity index (χ2v) is 9.64. The first-order valence-electron chi connectivity index (χ1n) is 11.6. The summed E-state index contributed by atoms with van der Waals surface area (Å²) in [6.07, 6.45) is 1.80. The fourth-order valence-corrected chi connectivity index (χ4v) is 4.86. The lowest BCUT2D eigenvalue weighted by Crippen LogP contribution is -2.40. The Morgan fingerprint density at radius 1 is 1.22 bits per heavy atom. The predicted octanol–water partition coefficient (Wildman–Crippen LogP) is 2.69. The number of rotatable bonds is 9. The summed E-state index contributed by atoms with van der Waals surface area (Å²) in [5.41, 5.74) is 2.21. The van der Waals surface area contributed by atoms with Crippen LogP contribution in [-0.2, 0) is 22.6 Å². The van der Waals surface area contributed by atoms with Gasteiger partial charge in [-0.3, -0.25) is 14.6 Å². The van der Waals surface area contributed by atoms with Crippen molar-refractivity contribution in [3.05, 3.63) is 45.9 Å². The van der Waals surface area contributed by atoms with Gasteiger partial charge in [0.05, 0.1) is 23.9 Å². The lowest BCUT2D eigenvalue weighted by Gasteiger charge is -2.30. The molecule has 0 atom stereocenters. The Hall–Kier alpha value is -2.00. The molecule has 0 radical (unpaired) electrons. The lowest BCUT2D eigenvalue weighted by atomic mass is 9.95. The maximum atomic E-state index is 12.7. The molecule has 0 bridgehead atoms. The first-order valence-corrected chi connectivity index (χ1v) is 12.5. The predicted molar refractivity (Wildman–Crippen MR) is 126 cm³/mol. The van der Waals surface area contributed by atoms with Crippen LogP contribution in [0.5, 0.6) is 5.75 Å². The zero-order chi connectivity index (χ0) is 22.2. The summed E-state index contributed by atoms with van der Waals surface area (Å²) in [4.78, 5) is 22.0. The van der Waals surface area contributed by atoms with Crippen LogP contribution in [0.4, 0.5) is 0 Å². The van der Waals surface area contributed by atoms with Gasteiger partial charge in [-0.25, -0.2) is 4.98 Å². The average Bonchev–Trinajstić information content (AvgIpc) is 3.23. The van der Waals surface area contributed by atoms with Crippen molar-refractivity contribution in [3.8, 4) is 5.75 Å². The molecular weight excluding hydrogens is 424 g/mol. The van der Waals surface area contributed by atoms with Crippen molar-refractivity contribution < 1.29 is 14.3 Å². The number of hydrogen-bond donors (Lipinski definition) is 1. The summed E-state index contributed by atoms with van der Waals surface area (Å²) in [7, 11) is 0. The molecular formula is C24H34N4O3S. The van der Waals surface area contributed by atoms with Crippen molar-refractivity contribution >= 4 is 17.2 Å². The maximum Gasteiger partial charge on any atom is 0.223 e. The van der Waals surface area contributed by atoms with E-state index in [4.69, 9.17) is 9.47 Å². The third kappa shape index (κ3) is 7.00. The highest BCUT2D eigenvalue weighted by Crippen LogP contribution is 2.20. The Bertz CT molecular complexity index is 860. The Morgan fingerprint density at radius 3 is 2.78 bits per heavy atom. The van der Waals surface area contributed by atoms with Gasteiger partial charge in [0.15, 0.2) is 0 Å². The van der Waals surface area contributed by atoms with E-state index in [-0.39, 0.29) is 11.8 Å². The molecule has 1 aromatic heterocycles. The SMILES string of the molecule is Cc1nc(CN2CCC(C(=O)NCc3cccc(OCCN4CCOCC4)c3)CC2)cs1. The summed E-state index contributed by atoms with van der Waals surface area (Å²) in [5, 5.41) is 6.37.